The van der Waals surface area contributed by atoms with Crippen molar-refractivity contribution in [2.75, 3.05) is 19.8 Å². The Kier molecular flexibility index (Phi) is 12.0. The molecule has 0 atom stereocenters. The smallest absolute Gasteiger partial charge is 0.331 e. The summed E-state index contributed by atoms with van der Waals surface area (Å²) >= 11 is 0. The van der Waals surface area contributed by atoms with Gasteiger partial charge < -0.3 is 18.7 Å². The highest BCUT2D eigenvalue weighted by atomic mass is 28.4. The first-order valence-electron chi connectivity index (χ1n) is 9.34. The zero-order valence-electron chi connectivity index (χ0n) is 17.1. The summed E-state index contributed by atoms with van der Waals surface area (Å²) in [5.74, 6) is -1.78. The predicted molar refractivity (Wildman–Crippen MR) is 108 cm³/mol. The quantitative estimate of drug-likeness (QED) is 0.191. The number of rotatable bonds is 15. The van der Waals surface area contributed by atoms with E-state index in [1.807, 2.05) is 0 Å². The van der Waals surface area contributed by atoms with Crippen molar-refractivity contribution >= 4 is 28.6 Å². The molecule has 0 saturated heterocycles. The Morgan fingerprint density at radius 3 is 2.08 bits per heavy atom. The first kappa shape index (κ1) is 25.0. The van der Waals surface area contributed by atoms with Gasteiger partial charge in [0.25, 0.3) is 0 Å². The number of ether oxygens (including phenoxy) is 2. The Hall–Kier alpha value is -0.966. The third kappa shape index (κ3) is 13.3. The monoisotopic (exact) mass is 404 g/mol. The molecule has 0 aromatic rings. The molecule has 8 heteroatoms. The standard InChI is InChI=1S/C18H36O6Si2/c1-7-8-13-25(3,4)24-26(5,6)14-9-10-22-11-12-23-17(19)15-16(2)18(20)21/h2,7-15H2,1,3-6H3,(H,20,21). The Bertz CT molecular complexity index is 463. The van der Waals surface area contributed by atoms with E-state index in [0.717, 1.165) is 12.5 Å². The van der Waals surface area contributed by atoms with Gasteiger partial charge in [-0.25, -0.2) is 4.79 Å². The van der Waals surface area contributed by atoms with Crippen molar-refractivity contribution in [3.63, 3.8) is 0 Å². The van der Waals surface area contributed by atoms with Crippen LogP contribution in [-0.4, -0.2) is 53.5 Å². The highest BCUT2D eigenvalue weighted by molar-refractivity contribution is 6.84. The number of hydrogen-bond donors (Lipinski definition) is 1. The molecule has 0 aromatic heterocycles. The van der Waals surface area contributed by atoms with Gasteiger partial charge >= 0.3 is 11.9 Å². The van der Waals surface area contributed by atoms with Crippen LogP contribution in [0.2, 0.25) is 38.3 Å². The minimum absolute atomic E-state index is 0.125. The molecule has 0 aromatic carbocycles. The second-order valence-electron chi connectivity index (χ2n) is 7.75. The van der Waals surface area contributed by atoms with Crippen LogP contribution in [0.3, 0.4) is 0 Å². The van der Waals surface area contributed by atoms with E-state index in [0.29, 0.717) is 13.2 Å². The molecule has 0 saturated carbocycles. The van der Waals surface area contributed by atoms with Crippen LogP contribution in [0.4, 0.5) is 0 Å². The van der Waals surface area contributed by atoms with Crippen molar-refractivity contribution in [2.45, 2.75) is 70.9 Å². The summed E-state index contributed by atoms with van der Waals surface area (Å²) in [7, 11) is -3.23. The van der Waals surface area contributed by atoms with Gasteiger partial charge in [-0.15, -0.1) is 0 Å². The maximum absolute atomic E-state index is 11.4. The molecule has 0 bridgehead atoms. The summed E-state index contributed by atoms with van der Waals surface area (Å²) in [6.07, 6.45) is 3.08. The highest BCUT2D eigenvalue weighted by Gasteiger charge is 2.31. The summed E-state index contributed by atoms with van der Waals surface area (Å²) in [6, 6.07) is 2.27. The van der Waals surface area contributed by atoms with Gasteiger partial charge in [-0.05, 0) is 44.7 Å². The van der Waals surface area contributed by atoms with Crippen molar-refractivity contribution in [1.29, 1.82) is 0 Å². The van der Waals surface area contributed by atoms with Crippen LogP contribution in [-0.2, 0) is 23.2 Å². The molecular weight excluding hydrogens is 368 g/mol. The van der Waals surface area contributed by atoms with E-state index < -0.39 is 28.6 Å². The molecule has 0 spiro atoms. The molecule has 0 heterocycles. The van der Waals surface area contributed by atoms with Gasteiger partial charge in [0, 0.05) is 12.2 Å². The van der Waals surface area contributed by atoms with Crippen molar-refractivity contribution in [3.8, 4) is 0 Å². The summed E-state index contributed by atoms with van der Waals surface area (Å²) < 4.78 is 16.9. The van der Waals surface area contributed by atoms with Crippen LogP contribution >= 0.6 is 0 Å². The third-order valence-corrected chi connectivity index (χ3v) is 11.4. The maximum atomic E-state index is 11.4. The zero-order chi connectivity index (χ0) is 20.2. The molecule has 1 N–H and O–H groups in total. The molecule has 0 unspecified atom stereocenters. The van der Waals surface area contributed by atoms with Crippen LogP contribution in [0.1, 0.15) is 32.6 Å². The molecular formula is C18H36O6Si2. The van der Waals surface area contributed by atoms with Gasteiger partial charge in [0.1, 0.15) is 6.61 Å². The van der Waals surface area contributed by atoms with Crippen LogP contribution in [0.5, 0.6) is 0 Å². The van der Waals surface area contributed by atoms with E-state index in [-0.39, 0.29) is 18.6 Å². The number of aliphatic carboxylic acids is 1. The van der Waals surface area contributed by atoms with Crippen molar-refractivity contribution < 1.29 is 28.3 Å². The molecule has 0 fully saturated rings. The van der Waals surface area contributed by atoms with Crippen LogP contribution < -0.4 is 0 Å². The molecule has 0 radical (unpaired) electrons. The third-order valence-electron chi connectivity index (χ3n) is 3.90. The van der Waals surface area contributed by atoms with Crippen LogP contribution in [0.15, 0.2) is 12.2 Å². The maximum Gasteiger partial charge on any atom is 0.331 e. The zero-order valence-corrected chi connectivity index (χ0v) is 19.1. The van der Waals surface area contributed by atoms with Gasteiger partial charge in [0.05, 0.1) is 13.0 Å². The topological polar surface area (TPSA) is 82.1 Å². The number of hydrogen-bond acceptors (Lipinski definition) is 5. The highest BCUT2D eigenvalue weighted by Crippen LogP contribution is 2.24. The lowest BCUT2D eigenvalue weighted by Gasteiger charge is -2.34. The largest absolute Gasteiger partial charge is 0.478 e. The van der Waals surface area contributed by atoms with Crippen LogP contribution in [0, 0.1) is 0 Å². The molecule has 0 aliphatic carbocycles. The lowest BCUT2D eigenvalue weighted by molar-refractivity contribution is -0.146. The fourth-order valence-corrected chi connectivity index (χ4v) is 11.7. The summed E-state index contributed by atoms with van der Waals surface area (Å²) in [5.41, 5.74) is -0.173. The second-order valence-corrected chi connectivity index (χ2v) is 16.6. The molecule has 6 nitrogen and oxygen atoms in total. The summed E-state index contributed by atoms with van der Waals surface area (Å²) in [4.78, 5) is 21.9. The molecule has 0 rings (SSSR count). The van der Waals surface area contributed by atoms with E-state index in [9.17, 15) is 9.59 Å². The normalized spacial score (nSPS) is 12.0. The average molecular weight is 405 g/mol. The number of carbonyl (C=O) groups excluding carboxylic acids is 1. The number of carbonyl (C=O) groups is 2. The second kappa shape index (κ2) is 12.4. The van der Waals surface area contributed by atoms with Gasteiger partial charge in [-0.3, -0.25) is 4.79 Å². The molecule has 26 heavy (non-hydrogen) atoms. The predicted octanol–water partition coefficient (Wildman–Crippen LogP) is 4.19. The first-order valence-corrected chi connectivity index (χ1v) is 15.6. The van der Waals surface area contributed by atoms with E-state index in [2.05, 4.69) is 39.7 Å². The molecule has 0 aliphatic rings. The Balaban J connectivity index is 3.83. The SMILES string of the molecule is C=C(CC(=O)OCCOCCC[Si](C)(C)O[Si](C)(C)CCCC)C(=O)O. The lowest BCUT2D eigenvalue weighted by atomic mass is 10.2. The number of carboxylic acid groups (broad SMARTS) is 1. The molecule has 152 valence electrons. The first-order chi connectivity index (χ1) is 12.0. The van der Waals surface area contributed by atoms with Gasteiger partial charge in [0.2, 0.25) is 0 Å². The van der Waals surface area contributed by atoms with Gasteiger partial charge in [0.15, 0.2) is 16.6 Å². The Morgan fingerprint density at radius 2 is 1.54 bits per heavy atom. The fourth-order valence-electron chi connectivity index (χ4n) is 2.67. The minimum atomic E-state index is -1.67. The van der Waals surface area contributed by atoms with E-state index >= 15 is 0 Å². The van der Waals surface area contributed by atoms with Crippen molar-refractivity contribution in [1.82, 2.24) is 0 Å². The van der Waals surface area contributed by atoms with Gasteiger partial charge in [-0.1, -0.05) is 26.3 Å². The lowest BCUT2D eigenvalue weighted by Crippen LogP contribution is -2.44. The fraction of sp³-hybridized carbons (Fsp3) is 0.778. The molecule has 0 aliphatic heterocycles. The van der Waals surface area contributed by atoms with Gasteiger partial charge in [-0.2, -0.15) is 0 Å². The van der Waals surface area contributed by atoms with E-state index in [4.69, 9.17) is 18.7 Å². The van der Waals surface area contributed by atoms with Crippen LogP contribution in [0.25, 0.3) is 0 Å². The number of esters is 1. The van der Waals surface area contributed by atoms with Crippen molar-refractivity contribution in [2.24, 2.45) is 0 Å². The Labute approximate surface area is 160 Å². The number of unbranched alkanes of at least 4 members (excludes halogenated alkanes) is 1. The van der Waals surface area contributed by atoms with E-state index in [1.54, 1.807) is 0 Å². The Morgan fingerprint density at radius 1 is 0.962 bits per heavy atom. The summed E-state index contributed by atoms with van der Waals surface area (Å²) in [6.45, 7) is 15.7. The van der Waals surface area contributed by atoms with E-state index in [1.165, 1.54) is 18.9 Å². The molecule has 0 amide bonds. The summed E-state index contributed by atoms with van der Waals surface area (Å²) in [5, 5.41) is 8.64. The minimum Gasteiger partial charge on any atom is -0.478 e. The number of carboxylic acids is 1. The average Bonchev–Trinajstić information content (AvgIpc) is 2.50. The van der Waals surface area contributed by atoms with Crippen molar-refractivity contribution in [3.05, 3.63) is 12.2 Å².